The molecule has 5 heteroatoms. The molecule has 2 nitrogen and oxygen atoms in total. The second kappa shape index (κ2) is 6.03. The van der Waals surface area contributed by atoms with Crippen LogP contribution in [0, 0.1) is 11.6 Å². The molecule has 2 aromatic carbocycles. The number of anilines is 1. The van der Waals surface area contributed by atoms with E-state index in [0.29, 0.717) is 12.4 Å². The molecule has 0 saturated carbocycles. The van der Waals surface area contributed by atoms with Crippen LogP contribution in [-0.4, -0.2) is 12.4 Å². The summed E-state index contributed by atoms with van der Waals surface area (Å²) >= 11 is 1.12. The summed E-state index contributed by atoms with van der Waals surface area (Å²) in [6.07, 6.45) is 0.735. The highest BCUT2D eigenvalue weighted by Gasteiger charge is 2.22. The van der Waals surface area contributed by atoms with Crippen LogP contribution in [0.25, 0.3) is 0 Å². The Morgan fingerprint density at radius 3 is 2.67 bits per heavy atom. The van der Waals surface area contributed by atoms with Crippen molar-refractivity contribution >= 4 is 17.4 Å². The van der Waals surface area contributed by atoms with Gasteiger partial charge in [0.2, 0.25) is 0 Å². The van der Waals surface area contributed by atoms with Gasteiger partial charge < -0.3 is 10.5 Å². The summed E-state index contributed by atoms with van der Waals surface area (Å²) in [5.74, 6) is -0.780. The Hall–Kier alpha value is -1.59. The van der Waals surface area contributed by atoms with E-state index in [9.17, 15) is 8.78 Å². The molecule has 0 saturated heterocycles. The van der Waals surface area contributed by atoms with Crippen LogP contribution in [0.5, 0.6) is 0 Å². The Morgan fingerprint density at radius 2 is 1.90 bits per heavy atom. The maximum atomic E-state index is 13.8. The molecule has 0 bridgehead atoms. The molecule has 1 aliphatic rings. The highest BCUT2D eigenvalue weighted by Crippen LogP contribution is 2.34. The summed E-state index contributed by atoms with van der Waals surface area (Å²) in [5, 5.41) is 0. The van der Waals surface area contributed by atoms with Gasteiger partial charge in [-0.1, -0.05) is 24.3 Å². The summed E-state index contributed by atoms with van der Waals surface area (Å²) in [5.41, 5.74) is 7.86. The fourth-order valence-electron chi connectivity index (χ4n) is 2.49. The summed E-state index contributed by atoms with van der Waals surface area (Å²) in [7, 11) is 0. The zero-order valence-corrected chi connectivity index (χ0v) is 12.1. The zero-order valence-electron chi connectivity index (χ0n) is 11.3. The fraction of sp³-hybridized carbons (Fsp3) is 0.250. The van der Waals surface area contributed by atoms with Crippen LogP contribution in [0.2, 0.25) is 0 Å². The molecule has 21 heavy (non-hydrogen) atoms. The van der Waals surface area contributed by atoms with Gasteiger partial charge in [-0.15, -0.1) is 11.8 Å². The van der Waals surface area contributed by atoms with Gasteiger partial charge in [-0.25, -0.2) is 8.78 Å². The van der Waals surface area contributed by atoms with Crippen molar-refractivity contribution in [2.75, 3.05) is 18.1 Å². The number of hydrogen-bond donors (Lipinski definition) is 1. The number of benzene rings is 2. The molecule has 110 valence electrons. The summed E-state index contributed by atoms with van der Waals surface area (Å²) in [4.78, 5) is -0.00384. The van der Waals surface area contributed by atoms with Crippen molar-refractivity contribution in [1.82, 2.24) is 0 Å². The van der Waals surface area contributed by atoms with E-state index in [0.717, 1.165) is 35.9 Å². The van der Waals surface area contributed by atoms with Crippen LogP contribution in [0.15, 0.2) is 41.3 Å². The van der Waals surface area contributed by atoms with E-state index in [1.165, 1.54) is 5.56 Å². The Balaban J connectivity index is 1.78. The Bertz CT molecular complexity index is 639. The third kappa shape index (κ3) is 3.04. The van der Waals surface area contributed by atoms with E-state index >= 15 is 0 Å². The number of hydrogen-bond acceptors (Lipinski definition) is 3. The molecule has 1 aliphatic heterocycles. The van der Waals surface area contributed by atoms with Gasteiger partial charge in [-0.2, -0.15) is 0 Å². The lowest BCUT2D eigenvalue weighted by Gasteiger charge is -2.25. The molecule has 1 unspecified atom stereocenters. The van der Waals surface area contributed by atoms with Crippen LogP contribution < -0.4 is 5.73 Å². The first kappa shape index (κ1) is 14.4. The van der Waals surface area contributed by atoms with Gasteiger partial charge in [0.15, 0.2) is 0 Å². The molecule has 0 radical (unpaired) electrons. The molecule has 0 amide bonds. The minimum absolute atomic E-state index is 0.00384. The van der Waals surface area contributed by atoms with Crippen LogP contribution in [0.4, 0.5) is 14.5 Å². The van der Waals surface area contributed by atoms with Crippen LogP contribution in [0.1, 0.15) is 17.2 Å². The van der Waals surface area contributed by atoms with Crippen LogP contribution in [-0.2, 0) is 11.2 Å². The van der Waals surface area contributed by atoms with Gasteiger partial charge in [-0.05, 0) is 29.7 Å². The minimum atomic E-state index is -0.624. The smallest absolute Gasteiger partial charge is 0.141 e. The molecule has 0 spiro atoms. The van der Waals surface area contributed by atoms with Gasteiger partial charge in [0, 0.05) is 11.4 Å². The standard InChI is InChI=1S/C16H15F2NOS/c17-13-7-11(19)8-14(18)16(13)21-9-15-12-4-2-1-3-10(12)5-6-20-15/h1-4,7-8,15H,5-6,9,19H2. The first-order valence-corrected chi connectivity index (χ1v) is 7.70. The zero-order chi connectivity index (χ0) is 14.8. The Kier molecular flexibility index (Phi) is 4.12. The van der Waals surface area contributed by atoms with Crippen molar-refractivity contribution in [2.24, 2.45) is 0 Å². The maximum Gasteiger partial charge on any atom is 0.141 e. The van der Waals surface area contributed by atoms with E-state index in [2.05, 4.69) is 6.07 Å². The number of rotatable bonds is 3. The molecule has 2 N–H and O–H groups in total. The molecule has 2 aromatic rings. The van der Waals surface area contributed by atoms with Crippen molar-refractivity contribution in [3.63, 3.8) is 0 Å². The molecule has 3 rings (SSSR count). The first-order chi connectivity index (χ1) is 10.1. The maximum absolute atomic E-state index is 13.8. The number of nitrogen functional groups attached to an aromatic ring is 1. The molecule has 0 fully saturated rings. The molecular weight excluding hydrogens is 292 g/mol. The average Bonchev–Trinajstić information content (AvgIpc) is 2.46. The van der Waals surface area contributed by atoms with Gasteiger partial charge in [0.05, 0.1) is 17.6 Å². The molecule has 0 aliphatic carbocycles. The number of fused-ring (bicyclic) bond motifs is 1. The minimum Gasteiger partial charge on any atom is -0.399 e. The monoisotopic (exact) mass is 307 g/mol. The van der Waals surface area contributed by atoms with E-state index < -0.39 is 11.6 Å². The fourth-order valence-corrected chi connectivity index (χ4v) is 3.48. The van der Waals surface area contributed by atoms with E-state index in [1.807, 2.05) is 18.2 Å². The average molecular weight is 307 g/mol. The summed E-state index contributed by atoms with van der Waals surface area (Å²) in [6, 6.07) is 10.3. The predicted octanol–water partition coefficient (Wildman–Crippen LogP) is 3.95. The summed E-state index contributed by atoms with van der Waals surface area (Å²) < 4.78 is 33.3. The molecule has 0 aromatic heterocycles. The van der Waals surface area contributed by atoms with Crippen molar-refractivity contribution in [2.45, 2.75) is 17.4 Å². The van der Waals surface area contributed by atoms with Crippen molar-refractivity contribution < 1.29 is 13.5 Å². The highest BCUT2D eigenvalue weighted by atomic mass is 32.2. The second-order valence-corrected chi connectivity index (χ2v) is 5.96. The van der Waals surface area contributed by atoms with Gasteiger partial charge in [0.25, 0.3) is 0 Å². The highest BCUT2D eigenvalue weighted by molar-refractivity contribution is 7.99. The van der Waals surface area contributed by atoms with E-state index in [1.54, 1.807) is 0 Å². The number of ether oxygens (including phenoxy) is 1. The third-order valence-corrected chi connectivity index (χ3v) is 4.64. The molecular formula is C16H15F2NOS. The number of thioether (sulfide) groups is 1. The lowest BCUT2D eigenvalue weighted by atomic mass is 9.99. The molecule has 1 heterocycles. The van der Waals surface area contributed by atoms with Gasteiger partial charge in [-0.3, -0.25) is 0 Å². The van der Waals surface area contributed by atoms with E-state index in [-0.39, 0.29) is 16.7 Å². The Labute approximate surface area is 126 Å². The normalized spacial score (nSPS) is 17.5. The lowest BCUT2D eigenvalue weighted by Crippen LogP contribution is -2.18. The van der Waals surface area contributed by atoms with Crippen molar-refractivity contribution in [3.05, 3.63) is 59.2 Å². The molecule has 1 atom stereocenters. The van der Waals surface area contributed by atoms with Crippen molar-refractivity contribution in [3.8, 4) is 0 Å². The topological polar surface area (TPSA) is 35.2 Å². The SMILES string of the molecule is Nc1cc(F)c(SCC2OCCc3ccccc32)c(F)c1. The predicted molar refractivity (Wildman–Crippen MR) is 80.3 cm³/mol. The van der Waals surface area contributed by atoms with E-state index in [4.69, 9.17) is 10.5 Å². The lowest BCUT2D eigenvalue weighted by molar-refractivity contribution is 0.0588. The summed E-state index contributed by atoms with van der Waals surface area (Å²) in [6.45, 7) is 0.634. The van der Waals surface area contributed by atoms with Crippen molar-refractivity contribution in [1.29, 1.82) is 0 Å². The second-order valence-electron chi connectivity index (χ2n) is 4.93. The van der Waals surface area contributed by atoms with Gasteiger partial charge in [0.1, 0.15) is 11.6 Å². The third-order valence-electron chi connectivity index (χ3n) is 3.49. The number of halogens is 2. The van der Waals surface area contributed by atoms with Gasteiger partial charge >= 0.3 is 0 Å². The van der Waals surface area contributed by atoms with Crippen LogP contribution in [0.3, 0.4) is 0 Å². The largest absolute Gasteiger partial charge is 0.399 e. The first-order valence-electron chi connectivity index (χ1n) is 6.72. The Morgan fingerprint density at radius 1 is 1.19 bits per heavy atom. The quantitative estimate of drug-likeness (QED) is 0.689. The van der Waals surface area contributed by atoms with Crippen LogP contribution >= 0.6 is 11.8 Å². The number of nitrogens with two attached hydrogens (primary N) is 1.